The minimum Gasteiger partial charge on any atom is -0.314 e. The molecule has 1 aliphatic heterocycles. The van der Waals surface area contributed by atoms with Crippen molar-refractivity contribution in [2.75, 3.05) is 6.54 Å². The van der Waals surface area contributed by atoms with E-state index in [4.69, 9.17) is 0 Å². The first-order valence-electron chi connectivity index (χ1n) is 5.57. The Morgan fingerprint density at radius 1 is 1.00 bits per heavy atom. The fourth-order valence-corrected chi connectivity index (χ4v) is 3.13. The van der Waals surface area contributed by atoms with Gasteiger partial charge >= 0.3 is 0 Å². The summed E-state index contributed by atoms with van der Waals surface area (Å²) in [6.45, 7) is 3.65. The molecule has 1 nitrogen and oxygen atoms in total. The van der Waals surface area contributed by atoms with Crippen LogP contribution in [0.1, 0.15) is 51.9 Å². The predicted molar refractivity (Wildman–Crippen MR) is 52.2 cm³/mol. The second kappa shape index (κ2) is 3.37. The lowest BCUT2D eigenvalue weighted by molar-refractivity contribution is 0.0907. The van der Waals surface area contributed by atoms with Gasteiger partial charge in [-0.25, -0.2) is 0 Å². The smallest absolute Gasteiger partial charge is 0.00951 e. The molecule has 1 N–H and O–H groups in total. The van der Waals surface area contributed by atoms with E-state index in [2.05, 4.69) is 12.2 Å². The number of nitrogens with one attached hydrogen (secondary N) is 1. The minimum atomic E-state index is 0.705. The van der Waals surface area contributed by atoms with E-state index in [1.165, 1.54) is 51.5 Å². The van der Waals surface area contributed by atoms with Crippen LogP contribution in [0, 0.1) is 5.41 Å². The molecule has 1 saturated heterocycles. The van der Waals surface area contributed by atoms with Gasteiger partial charge in [-0.05, 0) is 44.6 Å². The number of piperidine rings is 1. The molecule has 0 aromatic carbocycles. The van der Waals surface area contributed by atoms with Gasteiger partial charge in [-0.15, -0.1) is 0 Å². The van der Waals surface area contributed by atoms with Crippen LogP contribution < -0.4 is 5.32 Å². The third kappa shape index (κ3) is 1.39. The summed E-state index contributed by atoms with van der Waals surface area (Å²) < 4.78 is 0. The Morgan fingerprint density at radius 3 is 2.33 bits per heavy atom. The standard InChI is InChI=1S/C11H21N/c1-10-11(8-5-9-12-10)6-3-2-4-7-11/h10,12H,2-9H2,1H3/t10-/m0/s1. The van der Waals surface area contributed by atoms with E-state index in [1.54, 1.807) is 0 Å². The lowest BCUT2D eigenvalue weighted by Gasteiger charge is -2.46. The monoisotopic (exact) mass is 167 g/mol. The highest BCUT2D eigenvalue weighted by atomic mass is 14.9. The highest BCUT2D eigenvalue weighted by Gasteiger charge is 2.38. The molecule has 1 saturated carbocycles. The first-order chi connectivity index (χ1) is 5.83. The summed E-state index contributed by atoms with van der Waals surface area (Å²) in [4.78, 5) is 0. The second-order valence-corrected chi connectivity index (χ2v) is 4.70. The summed E-state index contributed by atoms with van der Waals surface area (Å²) in [6.07, 6.45) is 10.3. The average Bonchev–Trinajstić information content (AvgIpc) is 2.12. The van der Waals surface area contributed by atoms with Crippen LogP contribution in [0.5, 0.6) is 0 Å². The third-order valence-electron chi connectivity index (χ3n) is 4.07. The van der Waals surface area contributed by atoms with E-state index in [0.29, 0.717) is 5.41 Å². The molecule has 0 bridgehead atoms. The van der Waals surface area contributed by atoms with Crippen LogP contribution in [0.2, 0.25) is 0 Å². The van der Waals surface area contributed by atoms with Crippen LogP contribution in [0.25, 0.3) is 0 Å². The van der Waals surface area contributed by atoms with Crippen LogP contribution in [0.3, 0.4) is 0 Å². The maximum atomic E-state index is 3.64. The summed E-state index contributed by atoms with van der Waals surface area (Å²) in [5, 5.41) is 3.64. The molecule has 0 amide bonds. The summed E-state index contributed by atoms with van der Waals surface area (Å²) in [5.41, 5.74) is 0.705. The maximum absolute atomic E-state index is 3.64. The zero-order valence-corrected chi connectivity index (χ0v) is 8.23. The Labute approximate surface area is 75.9 Å². The molecule has 1 atom stereocenters. The van der Waals surface area contributed by atoms with Crippen LogP contribution in [-0.4, -0.2) is 12.6 Å². The molecule has 0 aromatic heterocycles. The van der Waals surface area contributed by atoms with Gasteiger partial charge in [-0.1, -0.05) is 19.3 Å². The van der Waals surface area contributed by atoms with Crippen LogP contribution in [0.4, 0.5) is 0 Å². The molecule has 2 aliphatic rings. The molecule has 1 heteroatoms. The SMILES string of the molecule is C[C@@H]1NCCCC12CCCCC2. The van der Waals surface area contributed by atoms with Gasteiger partial charge in [0.2, 0.25) is 0 Å². The molecule has 1 spiro atoms. The predicted octanol–water partition coefficient (Wildman–Crippen LogP) is 2.71. The third-order valence-corrected chi connectivity index (χ3v) is 4.07. The molecular weight excluding hydrogens is 146 g/mol. The molecule has 2 fully saturated rings. The van der Waals surface area contributed by atoms with Crippen molar-refractivity contribution in [3.63, 3.8) is 0 Å². The minimum absolute atomic E-state index is 0.705. The molecule has 0 aromatic rings. The molecule has 2 rings (SSSR count). The van der Waals surface area contributed by atoms with Crippen LogP contribution in [0.15, 0.2) is 0 Å². The lowest BCUT2D eigenvalue weighted by atomic mass is 9.65. The fourth-order valence-electron chi connectivity index (χ4n) is 3.13. The Kier molecular flexibility index (Phi) is 2.40. The Hall–Kier alpha value is -0.0400. The van der Waals surface area contributed by atoms with Crippen LogP contribution >= 0.6 is 0 Å². The number of hydrogen-bond donors (Lipinski definition) is 1. The lowest BCUT2D eigenvalue weighted by Crippen LogP contribution is -2.48. The molecule has 70 valence electrons. The van der Waals surface area contributed by atoms with Gasteiger partial charge in [0.15, 0.2) is 0 Å². The van der Waals surface area contributed by atoms with Crippen LogP contribution in [-0.2, 0) is 0 Å². The fraction of sp³-hybridized carbons (Fsp3) is 1.00. The largest absolute Gasteiger partial charge is 0.314 e. The summed E-state index contributed by atoms with van der Waals surface area (Å²) >= 11 is 0. The van der Waals surface area contributed by atoms with Crippen molar-refractivity contribution < 1.29 is 0 Å². The van der Waals surface area contributed by atoms with E-state index in [0.717, 1.165) is 6.04 Å². The molecular formula is C11H21N. The average molecular weight is 167 g/mol. The van der Waals surface area contributed by atoms with Gasteiger partial charge < -0.3 is 5.32 Å². The number of hydrogen-bond acceptors (Lipinski definition) is 1. The van der Waals surface area contributed by atoms with Gasteiger partial charge in [0, 0.05) is 6.04 Å². The summed E-state index contributed by atoms with van der Waals surface area (Å²) in [5.74, 6) is 0. The van der Waals surface area contributed by atoms with Crippen molar-refractivity contribution in [2.45, 2.75) is 57.9 Å². The Balaban J connectivity index is 2.04. The first-order valence-corrected chi connectivity index (χ1v) is 5.57. The van der Waals surface area contributed by atoms with Gasteiger partial charge in [-0.2, -0.15) is 0 Å². The van der Waals surface area contributed by atoms with E-state index in [9.17, 15) is 0 Å². The van der Waals surface area contributed by atoms with Gasteiger partial charge in [0.05, 0.1) is 0 Å². The van der Waals surface area contributed by atoms with Crippen molar-refractivity contribution in [3.8, 4) is 0 Å². The van der Waals surface area contributed by atoms with Gasteiger partial charge in [-0.3, -0.25) is 0 Å². The molecule has 1 heterocycles. The van der Waals surface area contributed by atoms with E-state index in [1.807, 2.05) is 0 Å². The quantitative estimate of drug-likeness (QED) is 0.585. The van der Waals surface area contributed by atoms with E-state index >= 15 is 0 Å². The van der Waals surface area contributed by atoms with Gasteiger partial charge in [0.1, 0.15) is 0 Å². The molecule has 0 unspecified atom stereocenters. The molecule has 1 aliphatic carbocycles. The van der Waals surface area contributed by atoms with Crippen molar-refractivity contribution in [1.82, 2.24) is 5.32 Å². The van der Waals surface area contributed by atoms with Gasteiger partial charge in [0.25, 0.3) is 0 Å². The Morgan fingerprint density at radius 2 is 1.67 bits per heavy atom. The maximum Gasteiger partial charge on any atom is 0.00951 e. The second-order valence-electron chi connectivity index (χ2n) is 4.70. The summed E-state index contributed by atoms with van der Waals surface area (Å²) in [6, 6.07) is 0.784. The Bertz CT molecular complexity index is 139. The highest BCUT2D eigenvalue weighted by molar-refractivity contribution is 4.93. The van der Waals surface area contributed by atoms with Crippen molar-refractivity contribution in [2.24, 2.45) is 5.41 Å². The normalized spacial score (nSPS) is 35.2. The zero-order valence-electron chi connectivity index (χ0n) is 8.23. The van der Waals surface area contributed by atoms with Crippen molar-refractivity contribution in [1.29, 1.82) is 0 Å². The first kappa shape index (κ1) is 8.55. The van der Waals surface area contributed by atoms with Crippen molar-refractivity contribution >= 4 is 0 Å². The highest BCUT2D eigenvalue weighted by Crippen LogP contribution is 2.44. The number of rotatable bonds is 0. The molecule has 0 radical (unpaired) electrons. The molecule has 12 heavy (non-hydrogen) atoms. The van der Waals surface area contributed by atoms with Crippen molar-refractivity contribution in [3.05, 3.63) is 0 Å². The van der Waals surface area contributed by atoms with E-state index < -0.39 is 0 Å². The summed E-state index contributed by atoms with van der Waals surface area (Å²) in [7, 11) is 0. The topological polar surface area (TPSA) is 12.0 Å². The zero-order chi connectivity index (χ0) is 8.44. The van der Waals surface area contributed by atoms with E-state index in [-0.39, 0.29) is 0 Å².